The number of H-pyrrole nitrogens is 1. The lowest BCUT2D eigenvalue weighted by Gasteiger charge is -2.21. The van der Waals surface area contributed by atoms with Gasteiger partial charge in [0.1, 0.15) is 0 Å². The third-order valence-corrected chi connectivity index (χ3v) is 5.60. The fourth-order valence-corrected chi connectivity index (χ4v) is 3.84. The molecule has 2 heterocycles. The highest BCUT2D eigenvalue weighted by Crippen LogP contribution is 2.36. The first kappa shape index (κ1) is 27.1. The average Bonchev–Trinajstić information content (AvgIpc) is 3.47. The van der Waals surface area contributed by atoms with E-state index in [1.54, 1.807) is 36.4 Å². The summed E-state index contributed by atoms with van der Waals surface area (Å²) in [6, 6.07) is 11.4. The summed E-state index contributed by atoms with van der Waals surface area (Å²) in [5.41, 5.74) is 1.86. The van der Waals surface area contributed by atoms with E-state index in [0.717, 1.165) is 25.2 Å². The summed E-state index contributed by atoms with van der Waals surface area (Å²) in [6.07, 6.45) is -6.01. The van der Waals surface area contributed by atoms with Gasteiger partial charge in [0, 0.05) is 34.8 Å². The van der Waals surface area contributed by atoms with Crippen LogP contribution in [0.1, 0.15) is 40.4 Å². The number of aromatic nitrogens is 1. The van der Waals surface area contributed by atoms with Crippen LogP contribution < -0.4 is 5.32 Å². The molecule has 1 unspecified atom stereocenters. The molecule has 1 amide bonds. The fourth-order valence-electron chi connectivity index (χ4n) is 3.84. The molecule has 4 rings (SSSR count). The Bertz CT molecular complexity index is 1180. The zero-order chi connectivity index (χ0) is 26.5. The minimum Gasteiger partial charge on any atom is -0.475 e. The van der Waals surface area contributed by atoms with Crippen molar-refractivity contribution in [2.24, 2.45) is 0 Å². The number of halogens is 6. The van der Waals surface area contributed by atoms with Gasteiger partial charge in [0.15, 0.2) is 6.04 Å². The van der Waals surface area contributed by atoms with Gasteiger partial charge in [0.2, 0.25) is 0 Å². The number of rotatable bonds is 5. The number of aromatic amines is 1. The van der Waals surface area contributed by atoms with Crippen molar-refractivity contribution in [3.63, 3.8) is 0 Å². The molecule has 0 aliphatic carbocycles. The fraction of sp³-hybridized carbons (Fsp3) is 0.333. The Morgan fingerprint density at radius 2 is 1.56 bits per heavy atom. The van der Waals surface area contributed by atoms with Crippen molar-refractivity contribution in [2.45, 2.75) is 37.8 Å². The molecule has 1 atom stereocenters. The topological polar surface area (TPSA) is 85.4 Å². The SMILES string of the molecule is O=C(NC(c1c[nH]c2ccccc12)C(F)(F)F)c1ccc(CN2CCCC2)cc1.O=C(O)C(F)(F)F. The number of hydrogen-bond donors (Lipinski definition) is 3. The van der Waals surface area contributed by atoms with Gasteiger partial charge in [-0.1, -0.05) is 30.3 Å². The van der Waals surface area contributed by atoms with Crippen molar-refractivity contribution in [2.75, 3.05) is 13.1 Å². The number of nitrogens with one attached hydrogen (secondary N) is 2. The number of carboxylic acids is 1. The average molecular weight is 515 g/mol. The second-order valence-electron chi connectivity index (χ2n) is 8.22. The predicted octanol–water partition coefficient (Wildman–Crippen LogP) is 5.43. The molecule has 0 saturated carbocycles. The molecular weight excluding hydrogens is 492 g/mol. The summed E-state index contributed by atoms with van der Waals surface area (Å²) in [4.78, 5) is 26.6. The Labute approximate surface area is 201 Å². The number of alkyl halides is 6. The number of para-hydroxylation sites is 1. The molecule has 0 spiro atoms. The number of fused-ring (bicyclic) bond motifs is 1. The maximum Gasteiger partial charge on any atom is 0.490 e. The van der Waals surface area contributed by atoms with Crippen molar-refractivity contribution in [1.82, 2.24) is 15.2 Å². The molecule has 12 heteroatoms. The van der Waals surface area contributed by atoms with Gasteiger partial charge in [-0.2, -0.15) is 26.3 Å². The molecule has 194 valence electrons. The number of likely N-dealkylation sites (tertiary alicyclic amines) is 1. The summed E-state index contributed by atoms with van der Waals surface area (Å²) in [6.45, 7) is 2.91. The van der Waals surface area contributed by atoms with Crippen molar-refractivity contribution in [1.29, 1.82) is 0 Å². The molecule has 1 aliphatic heterocycles. The van der Waals surface area contributed by atoms with Crippen molar-refractivity contribution in [3.8, 4) is 0 Å². The van der Waals surface area contributed by atoms with Crippen molar-refractivity contribution < 1.29 is 41.0 Å². The van der Waals surface area contributed by atoms with E-state index in [-0.39, 0.29) is 11.1 Å². The number of carboxylic acid groups (broad SMARTS) is 1. The van der Waals surface area contributed by atoms with Crippen LogP contribution in [0.15, 0.2) is 54.7 Å². The lowest BCUT2D eigenvalue weighted by atomic mass is 10.0. The van der Waals surface area contributed by atoms with Gasteiger partial charge in [-0.15, -0.1) is 0 Å². The van der Waals surface area contributed by atoms with Crippen LogP contribution in [0.3, 0.4) is 0 Å². The summed E-state index contributed by atoms with van der Waals surface area (Å²) in [5, 5.41) is 9.73. The van der Waals surface area contributed by atoms with E-state index >= 15 is 0 Å². The van der Waals surface area contributed by atoms with Gasteiger partial charge in [0.05, 0.1) is 0 Å². The molecule has 1 aromatic heterocycles. The Balaban J connectivity index is 0.000000454. The number of benzene rings is 2. The van der Waals surface area contributed by atoms with Crippen LogP contribution in [0.25, 0.3) is 10.9 Å². The lowest BCUT2D eigenvalue weighted by Crippen LogP contribution is -2.38. The van der Waals surface area contributed by atoms with Crippen molar-refractivity contribution >= 4 is 22.8 Å². The molecule has 0 radical (unpaired) electrons. The van der Waals surface area contributed by atoms with E-state index in [9.17, 15) is 31.1 Å². The zero-order valence-electron chi connectivity index (χ0n) is 18.8. The van der Waals surface area contributed by atoms with Gasteiger partial charge >= 0.3 is 18.3 Å². The minimum absolute atomic E-state index is 0.00658. The third-order valence-electron chi connectivity index (χ3n) is 5.60. The van der Waals surface area contributed by atoms with Crippen LogP contribution in [0.2, 0.25) is 0 Å². The van der Waals surface area contributed by atoms with Gasteiger partial charge in [0.25, 0.3) is 5.91 Å². The highest BCUT2D eigenvalue weighted by Gasteiger charge is 2.43. The van der Waals surface area contributed by atoms with Crippen LogP contribution in [0.4, 0.5) is 26.3 Å². The van der Waals surface area contributed by atoms with Crippen molar-refractivity contribution in [3.05, 3.63) is 71.4 Å². The molecule has 1 saturated heterocycles. The number of nitrogens with zero attached hydrogens (tertiary/aromatic N) is 1. The van der Waals surface area contributed by atoms with Crippen LogP contribution in [-0.4, -0.2) is 52.3 Å². The van der Waals surface area contributed by atoms with E-state index in [0.29, 0.717) is 10.9 Å². The monoisotopic (exact) mass is 515 g/mol. The number of amides is 1. The summed E-state index contributed by atoms with van der Waals surface area (Å²) >= 11 is 0. The highest BCUT2D eigenvalue weighted by molar-refractivity contribution is 5.95. The Morgan fingerprint density at radius 3 is 2.11 bits per heavy atom. The van der Waals surface area contributed by atoms with E-state index in [4.69, 9.17) is 9.90 Å². The second-order valence-corrected chi connectivity index (χ2v) is 8.22. The molecule has 6 nitrogen and oxygen atoms in total. The maximum atomic E-state index is 13.7. The van der Waals surface area contributed by atoms with E-state index in [1.807, 2.05) is 12.1 Å². The second kappa shape index (κ2) is 11.0. The Hall–Kier alpha value is -3.54. The van der Waals surface area contributed by atoms with Gasteiger partial charge in [-0.05, 0) is 49.7 Å². The van der Waals surface area contributed by atoms with E-state index in [2.05, 4.69) is 15.2 Å². The first-order valence-electron chi connectivity index (χ1n) is 10.9. The summed E-state index contributed by atoms with van der Waals surface area (Å²) in [5.74, 6) is -3.50. The largest absolute Gasteiger partial charge is 0.490 e. The summed E-state index contributed by atoms with van der Waals surface area (Å²) in [7, 11) is 0. The molecular formula is C24H23F6N3O3. The molecule has 36 heavy (non-hydrogen) atoms. The zero-order valence-corrected chi connectivity index (χ0v) is 18.8. The lowest BCUT2D eigenvalue weighted by molar-refractivity contribution is -0.192. The minimum atomic E-state index is -5.08. The molecule has 1 aliphatic rings. The Kier molecular flexibility index (Phi) is 8.28. The van der Waals surface area contributed by atoms with Gasteiger partial charge in [-0.3, -0.25) is 9.69 Å². The van der Waals surface area contributed by atoms with Crippen LogP contribution in [-0.2, 0) is 11.3 Å². The quantitative estimate of drug-likeness (QED) is 0.396. The molecule has 1 fully saturated rings. The number of carbonyl (C=O) groups excluding carboxylic acids is 1. The summed E-state index contributed by atoms with van der Waals surface area (Å²) < 4.78 is 73.0. The highest BCUT2D eigenvalue weighted by atomic mass is 19.4. The first-order chi connectivity index (χ1) is 16.9. The van der Waals surface area contributed by atoms with Gasteiger partial charge < -0.3 is 15.4 Å². The molecule has 3 aromatic rings. The predicted molar refractivity (Wildman–Crippen MR) is 119 cm³/mol. The van der Waals surface area contributed by atoms with Crippen LogP contribution in [0, 0.1) is 0 Å². The smallest absolute Gasteiger partial charge is 0.475 e. The normalized spacial score (nSPS) is 15.3. The van der Waals surface area contributed by atoms with Gasteiger partial charge in [-0.25, -0.2) is 4.79 Å². The molecule has 0 bridgehead atoms. The molecule has 3 N–H and O–H groups in total. The Morgan fingerprint density at radius 1 is 0.972 bits per heavy atom. The van der Waals surface area contributed by atoms with Crippen LogP contribution >= 0.6 is 0 Å². The van der Waals surface area contributed by atoms with E-state index < -0.39 is 30.3 Å². The number of carbonyl (C=O) groups is 2. The number of hydrogen-bond acceptors (Lipinski definition) is 3. The maximum absolute atomic E-state index is 13.7. The number of aliphatic carboxylic acids is 1. The molecule has 2 aromatic carbocycles. The van der Waals surface area contributed by atoms with E-state index in [1.165, 1.54) is 19.0 Å². The standard InChI is InChI=1S/C22H22F3N3O.C2HF3O2/c23-22(24,25)20(18-13-26-19-6-2-1-5-17(18)19)27-21(29)16-9-7-15(8-10-16)14-28-11-3-4-12-28;3-2(4,5)1(6)7/h1-2,5-10,13,20,26H,3-4,11-12,14H2,(H,27,29);(H,6,7). The third kappa shape index (κ3) is 7.00. The first-order valence-corrected chi connectivity index (χ1v) is 10.9. The van der Waals surface area contributed by atoms with Crippen LogP contribution in [0.5, 0.6) is 0 Å².